The Bertz CT molecular complexity index is 1520. The molecule has 4 rings (SSSR count). The number of H-pyrrole nitrogens is 1. The van der Waals surface area contributed by atoms with Crippen LogP contribution in [0, 0.1) is 0 Å². The van der Waals surface area contributed by atoms with E-state index in [1.54, 1.807) is 0 Å². The average Bonchev–Trinajstić information content (AvgIpc) is 3.31. The van der Waals surface area contributed by atoms with Gasteiger partial charge in [0.25, 0.3) is 5.56 Å². The van der Waals surface area contributed by atoms with Gasteiger partial charge in [-0.1, -0.05) is 0 Å². The van der Waals surface area contributed by atoms with E-state index in [4.69, 9.17) is 34.0 Å². The van der Waals surface area contributed by atoms with E-state index in [9.17, 15) is 43.7 Å². The summed E-state index contributed by atoms with van der Waals surface area (Å²) in [5.41, 5.74) is 2.59. The normalized spacial score (nSPS) is 31.8. The lowest BCUT2D eigenvalue weighted by molar-refractivity contribution is -0.0649. The molecule has 0 radical (unpaired) electrons. The van der Waals surface area contributed by atoms with Gasteiger partial charge >= 0.3 is 27.0 Å². The third-order valence-electron chi connectivity index (χ3n) is 5.96. The van der Waals surface area contributed by atoms with Gasteiger partial charge in [0.05, 0.1) is 13.2 Å². The number of nitrogens with one attached hydrogen (secondary N) is 1. The highest BCUT2D eigenvalue weighted by atomic mass is 31.2. The summed E-state index contributed by atoms with van der Waals surface area (Å²) in [5.74, 6) is -0.117. The largest absolute Gasteiger partial charge is 0.472 e. The van der Waals surface area contributed by atoms with Crippen LogP contribution in [0.2, 0.25) is 0 Å². The van der Waals surface area contributed by atoms with Crippen LogP contribution in [-0.2, 0) is 32.2 Å². The van der Waals surface area contributed by atoms with Crippen LogP contribution < -0.4 is 22.7 Å². The molecule has 9 N–H and O–H groups in total. The second-order valence-electron chi connectivity index (χ2n) is 8.78. The lowest BCUT2D eigenvalue weighted by atomic mass is 10.1. The Hall–Kier alpha value is -2.62. The SMILES string of the molecule is Nc1ccn([C@@H]2O[C@H](COP(=O)(O)O[C@@H]3[C@H](O)[C@@H](COP(=O)(O)O)O[C@H]3n3ccc(=O)[nH]c3=O)[C@@H](O)[C@H]2O)c(=O)n1. The molecule has 4 heterocycles. The van der Waals surface area contributed by atoms with Gasteiger partial charge in [-0.15, -0.1) is 0 Å². The Balaban J connectivity index is 1.49. The first-order valence-electron chi connectivity index (χ1n) is 11.4. The summed E-state index contributed by atoms with van der Waals surface area (Å²) in [7, 11) is -10.3. The highest BCUT2D eigenvalue weighted by molar-refractivity contribution is 7.47. The summed E-state index contributed by atoms with van der Waals surface area (Å²) in [4.78, 5) is 69.4. The minimum Gasteiger partial charge on any atom is -0.387 e. The summed E-state index contributed by atoms with van der Waals surface area (Å²) < 4.78 is 50.4. The summed E-state index contributed by atoms with van der Waals surface area (Å²) in [5, 5.41) is 31.3. The molecule has 9 atom stereocenters. The molecule has 1 unspecified atom stereocenters. The van der Waals surface area contributed by atoms with E-state index in [1.807, 2.05) is 4.98 Å². The molecule has 23 heteroatoms. The Morgan fingerprint density at radius 3 is 2.15 bits per heavy atom. The molecule has 228 valence electrons. The zero-order valence-electron chi connectivity index (χ0n) is 20.4. The van der Waals surface area contributed by atoms with E-state index < -0.39 is 94.9 Å². The van der Waals surface area contributed by atoms with Gasteiger partial charge < -0.3 is 45.2 Å². The van der Waals surface area contributed by atoms with Gasteiger partial charge in [-0.05, 0) is 6.07 Å². The Labute approximate surface area is 227 Å². The Kier molecular flexibility index (Phi) is 9.12. The van der Waals surface area contributed by atoms with E-state index in [-0.39, 0.29) is 5.82 Å². The third-order valence-corrected chi connectivity index (χ3v) is 7.44. The first-order chi connectivity index (χ1) is 19.1. The van der Waals surface area contributed by atoms with Crippen molar-refractivity contribution in [3.05, 3.63) is 55.8 Å². The van der Waals surface area contributed by atoms with Gasteiger partial charge in [0.2, 0.25) is 0 Å². The summed E-state index contributed by atoms with van der Waals surface area (Å²) in [6, 6.07) is 2.10. The molecule has 21 nitrogen and oxygen atoms in total. The summed E-state index contributed by atoms with van der Waals surface area (Å²) >= 11 is 0. The zero-order chi connectivity index (χ0) is 30.3. The Morgan fingerprint density at radius 2 is 1.51 bits per heavy atom. The van der Waals surface area contributed by atoms with Crippen LogP contribution in [0.4, 0.5) is 5.82 Å². The highest BCUT2D eigenvalue weighted by Gasteiger charge is 2.51. The van der Waals surface area contributed by atoms with E-state index in [0.29, 0.717) is 4.57 Å². The van der Waals surface area contributed by atoms with E-state index >= 15 is 0 Å². The summed E-state index contributed by atoms with van der Waals surface area (Å²) in [6.07, 6.45) is -11.6. The van der Waals surface area contributed by atoms with Crippen LogP contribution in [0.15, 0.2) is 38.9 Å². The van der Waals surface area contributed by atoms with E-state index in [2.05, 4.69) is 9.51 Å². The van der Waals surface area contributed by atoms with Gasteiger partial charge in [0.1, 0.15) is 42.4 Å². The molecule has 2 saturated heterocycles. The number of ether oxygens (including phenoxy) is 2. The maximum atomic E-state index is 12.8. The number of hydrogen-bond acceptors (Lipinski definition) is 15. The average molecular weight is 629 g/mol. The summed E-state index contributed by atoms with van der Waals surface area (Å²) in [6.45, 7) is -1.85. The number of rotatable bonds is 10. The molecule has 0 aromatic carbocycles. The molecule has 0 saturated carbocycles. The molecule has 0 aliphatic carbocycles. The van der Waals surface area contributed by atoms with Crippen molar-refractivity contribution >= 4 is 21.5 Å². The fourth-order valence-corrected chi connectivity index (χ4v) is 5.33. The number of nitrogens with zero attached hydrogens (tertiary/aromatic N) is 3. The number of aromatic amines is 1. The van der Waals surface area contributed by atoms with Gasteiger partial charge in [-0.2, -0.15) is 4.98 Å². The highest BCUT2D eigenvalue weighted by Crippen LogP contribution is 2.50. The van der Waals surface area contributed by atoms with Crippen LogP contribution in [0.5, 0.6) is 0 Å². The number of phosphoric ester groups is 2. The number of aliphatic hydroxyl groups is 3. The van der Waals surface area contributed by atoms with Crippen molar-refractivity contribution in [2.45, 2.75) is 49.1 Å². The van der Waals surface area contributed by atoms with Crippen LogP contribution in [0.25, 0.3) is 0 Å². The molecule has 2 aromatic rings. The molecule has 2 aromatic heterocycles. The van der Waals surface area contributed by atoms with E-state index in [1.165, 1.54) is 6.07 Å². The molecule has 0 bridgehead atoms. The van der Waals surface area contributed by atoms with Crippen molar-refractivity contribution in [3.63, 3.8) is 0 Å². The predicted octanol–water partition coefficient (Wildman–Crippen LogP) is -4.14. The van der Waals surface area contributed by atoms with Gasteiger partial charge in [-0.3, -0.25) is 32.5 Å². The topological polar surface area (TPSA) is 317 Å². The first kappa shape index (κ1) is 31.3. The quantitative estimate of drug-likeness (QED) is 0.116. The number of nitrogen functional groups attached to an aromatic ring is 1. The molecule has 2 aliphatic rings. The van der Waals surface area contributed by atoms with E-state index in [0.717, 1.165) is 23.0 Å². The molecule has 0 amide bonds. The number of aliphatic hydroxyl groups excluding tert-OH is 3. The molecule has 0 spiro atoms. The molecule has 41 heavy (non-hydrogen) atoms. The number of phosphoric acid groups is 2. The van der Waals surface area contributed by atoms with Crippen molar-refractivity contribution in [3.8, 4) is 0 Å². The second kappa shape index (κ2) is 11.9. The minimum atomic E-state index is -5.24. The predicted molar refractivity (Wildman–Crippen MR) is 129 cm³/mol. The Morgan fingerprint density at radius 1 is 0.902 bits per heavy atom. The minimum absolute atomic E-state index is 0.117. The van der Waals surface area contributed by atoms with Crippen molar-refractivity contribution in [1.82, 2.24) is 19.1 Å². The van der Waals surface area contributed by atoms with Crippen LogP contribution in [-0.4, -0.2) is 98.9 Å². The zero-order valence-corrected chi connectivity index (χ0v) is 22.2. The van der Waals surface area contributed by atoms with Crippen LogP contribution in [0.3, 0.4) is 0 Å². The standard InChI is InChI=1S/C18H25N5O16P2/c19-9-1-3-22(17(28)20-9)15-13(27)11(25)7(37-15)6-36-41(33,34)39-14-12(26)8(5-35-40(30,31)32)38-16(14)23-4-2-10(24)21-18(23)29/h1-4,7-8,11-16,25-27H,5-6H2,(H,33,34)(H2,19,20,28)(H,21,24,29)(H2,30,31,32)/t7-,8-,11-,12-,13-,14-,15-,16-/m1/s1. The number of nitrogens with two attached hydrogens (primary N) is 1. The number of anilines is 1. The van der Waals surface area contributed by atoms with Crippen molar-refractivity contribution in [2.24, 2.45) is 0 Å². The monoisotopic (exact) mass is 629 g/mol. The van der Waals surface area contributed by atoms with Crippen LogP contribution in [0.1, 0.15) is 12.5 Å². The maximum Gasteiger partial charge on any atom is 0.472 e. The fourth-order valence-electron chi connectivity index (χ4n) is 4.06. The van der Waals surface area contributed by atoms with Crippen LogP contribution >= 0.6 is 15.6 Å². The second-order valence-corrected chi connectivity index (χ2v) is 11.4. The molecular weight excluding hydrogens is 604 g/mol. The molecule has 2 aliphatic heterocycles. The third kappa shape index (κ3) is 7.24. The molecular formula is C18H25N5O16P2. The van der Waals surface area contributed by atoms with Crippen molar-refractivity contribution in [1.29, 1.82) is 0 Å². The number of hydrogen-bond donors (Lipinski definition) is 8. The van der Waals surface area contributed by atoms with Gasteiger partial charge in [0, 0.05) is 18.5 Å². The molecule has 2 fully saturated rings. The van der Waals surface area contributed by atoms with Crippen molar-refractivity contribution < 1.29 is 62.2 Å². The number of aromatic nitrogens is 4. The fraction of sp³-hybridized carbons (Fsp3) is 0.556. The maximum absolute atomic E-state index is 12.8. The lowest BCUT2D eigenvalue weighted by Crippen LogP contribution is -2.39. The lowest BCUT2D eigenvalue weighted by Gasteiger charge is -2.25. The van der Waals surface area contributed by atoms with Crippen molar-refractivity contribution in [2.75, 3.05) is 18.9 Å². The smallest absolute Gasteiger partial charge is 0.387 e. The van der Waals surface area contributed by atoms with Gasteiger partial charge in [-0.25, -0.2) is 18.7 Å². The van der Waals surface area contributed by atoms with Gasteiger partial charge in [0.15, 0.2) is 12.5 Å². The first-order valence-corrected chi connectivity index (χ1v) is 14.5.